The van der Waals surface area contributed by atoms with Gasteiger partial charge in [0.25, 0.3) is 14.1 Å². The van der Waals surface area contributed by atoms with Crippen molar-refractivity contribution < 1.29 is 66.0 Å². The summed E-state index contributed by atoms with van der Waals surface area (Å²) in [5.41, 5.74) is -3.08. The van der Waals surface area contributed by atoms with Crippen molar-refractivity contribution >= 4 is 26.2 Å². The lowest BCUT2D eigenvalue weighted by atomic mass is 9.80. The molecule has 0 radical (unpaired) electrons. The maximum Gasteiger partial charge on any atom is 0.336 e. The van der Waals surface area contributed by atoms with E-state index in [0.717, 1.165) is 9.13 Å². The SMILES string of the molecule is COc1ccc(C(OCC2O[C@@H](c3cn(COC(=O)C(C)(C)C)c(=O)n(COC(=O)C(C)(C)C)c3=O)[C@H](OC3(OC)CCN(c4ccccc4F)CC3)[C@@H]2OOP(OCCC#N)N(C(C)C)C(C)C)(c2ccccc2)c2ccc(OC)cc2)cc1. The molecule has 0 bridgehead atoms. The van der Waals surface area contributed by atoms with Crippen molar-refractivity contribution in [1.29, 1.82) is 5.26 Å². The molecule has 2 aliphatic rings. The third kappa shape index (κ3) is 15.5. The molecule has 2 aliphatic heterocycles. The fourth-order valence-corrected chi connectivity index (χ4v) is 11.6. The zero-order chi connectivity index (χ0) is 61.9. The summed E-state index contributed by atoms with van der Waals surface area (Å²) in [6.07, 6.45) is -3.96. The predicted molar refractivity (Wildman–Crippen MR) is 316 cm³/mol. The summed E-state index contributed by atoms with van der Waals surface area (Å²) in [5, 5.41) is 9.64. The van der Waals surface area contributed by atoms with Crippen LogP contribution >= 0.6 is 8.53 Å². The summed E-state index contributed by atoms with van der Waals surface area (Å²) in [6.45, 7) is 16.4. The van der Waals surface area contributed by atoms with Gasteiger partial charge in [0, 0.05) is 51.3 Å². The van der Waals surface area contributed by atoms with E-state index in [9.17, 15) is 19.6 Å². The first-order valence-corrected chi connectivity index (χ1v) is 29.5. The van der Waals surface area contributed by atoms with Crippen LogP contribution in [0.5, 0.6) is 11.5 Å². The molecule has 2 fully saturated rings. The van der Waals surface area contributed by atoms with Gasteiger partial charge < -0.3 is 47.3 Å². The summed E-state index contributed by atoms with van der Waals surface area (Å²) < 4.78 is 83.0. The van der Waals surface area contributed by atoms with Crippen molar-refractivity contribution in [3.05, 3.63) is 158 Å². The molecule has 2 unspecified atom stereocenters. The summed E-state index contributed by atoms with van der Waals surface area (Å²) in [5.74, 6) is -2.04. The van der Waals surface area contributed by atoms with Crippen LogP contribution in [0.3, 0.4) is 0 Å². The molecule has 0 amide bonds. The average Bonchev–Trinajstić information content (AvgIpc) is 1.83. The number of hydrogen-bond donors (Lipinski definition) is 0. The Labute approximate surface area is 498 Å². The normalized spacial score (nSPS) is 18.6. The Hall–Kier alpha value is -6.57. The third-order valence-electron chi connectivity index (χ3n) is 14.7. The molecule has 5 aromatic rings. The van der Waals surface area contributed by atoms with Gasteiger partial charge in [0.05, 0.1) is 62.0 Å². The Morgan fingerprint density at radius 2 is 1.31 bits per heavy atom. The van der Waals surface area contributed by atoms with E-state index in [0.29, 0.717) is 33.9 Å². The van der Waals surface area contributed by atoms with Crippen molar-refractivity contribution in [2.75, 3.05) is 52.5 Å². The van der Waals surface area contributed by atoms with Gasteiger partial charge in [-0.15, -0.1) is 0 Å². The van der Waals surface area contributed by atoms with E-state index in [1.54, 1.807) is 74.0 Å². The molecule has 2 saturated heterocycles. The lowest BCUT2D eigenvalue weighted by Gasteiger charge is -2.44. The molecule has 0 saturated carbocycles. The Morgan fingerprint density at radius 1 is 0.765 bits per heavy atom. The zero-order valence-corrected chi connectivity index (χ0v) is 51.8. The highest BCUT2D eigenvalue weighted by atomic mass is 31.2. The lowest BCUT2D eigenvalue weighted by Crippen LogP contribution is -2.52. The topological polar surface area (TPSA) is 210 Å². The van der Waals surface area contributed by atoms with E-state index in [1.807, 2.05) is 116 Å². The fourth-order valence-electron chi connectivity index (χ4n) is 10.2. The monoisotopic (exact) mass is 1200 g/mol. The summed E-state index contributed by atoms with van der Waals surface area (Å²) >= 11 is 0. The molecule has 3 heterocycles. The van der Waals surface area contributed by atoms with Gasteiger partial charge in [-0.2, -0.15) is 9.94 Å². The van der Waals surface area contributed by atoms with Crippen molar-refractivity contribution in [2.24, 2.45) is 10.8 Å². The largest absolute Gasteiger partial charge is 0.497 e. The standard InChI is InChI=1S/C63H81FN5O15P/c1-42(2)69(43(3)4)85(80-37-19-34-65)84-83-54-52(39-79-63(44-20-15-14-16-21-44,45-24-28-47(74-11)29-25-45)46-26-30-48(75-12)31-27-46)81-53(55(54)82-62(76-13)32-35-66(36-33-62)51-23-18-17-22-50(51)64)49-38-67(40-77-57(71)60(5,6)7)59(73)68(56(49)70)41-78-58(72)61(8,9)10/h14-18,20-31,38,42-43,52-55H,19,32-33,35-37,39-41H2,1-13H3/t52?,53-,54+,55-,85?/m0/s1. The van der Waals surface area contributed by atoms with E-state index in [4.69, 9.17) is 52.0 Å². The van der Waals surface area contributed by atoms with E-state index in [-0.39, 0.29) is 63.2 Å². The molecule has 460 valence electrons. The number of carbonyl (C=O) groups excluding carboxylic acids is 2. The van der Waals surface area contributed by atoms with Gasteiger partial charge in [-0.3, -0.25) is 19.0 Å². The maximum atomic E-state index is 15.4. The number of rotatable bonds is 26. The number of nitrogens with zero attached hydrogens (tertiary/aromatic N) is 5. The minimum atomic E-state index is -2.12. The van der Waals surface area contributed by atoms with Crippen LogP contribution in [0.1, 0.15) is 117 Å². The molecule has 1 aromatic heterocycles. The number of anilines is 1. The van der Waals surface area contributed by atoms with Crippen LogP contribution in [0.25, 0.3) is 0 Å². The number of hydrogen-bond acceptors (Lipinski definition) is 18. The van der Waals surface area contributed by atoms with Gasteiger partial charge in [0.1, 0.15) is 41.2 Å². The zero-order valence-electron chi connectivity index (χ0n) is 50.9. The van der Waals surface area contributed by atoms with Crippen LogP contribution in [-0.4, -0.2) is 110 Å². The van der Waals surface area contributed by atoms with Crippen molar-refractivity contribution in [2.45, 2.75) is 150 Å². The first kappa shape index (κ1) is 66.0. The molecule has 85 heavy (non-hydrogen) atoms. The van der Waals surface area contributed by atoms with Gasteiger partial charge >= 0.3 is 17.6 Å². The molecule has 7 rings (SSSR count). The smallest absolute Gasteiger partial charge is 0.336 e. The van der Waals surface area contributed by atoms with Gasteiger partial charge in [-0.1, -0.05) is 66.7 Å². The number of carbonyl (C=O) groups is 2. The van der Waals surface area contributed by atoms with Crippen LogP contribution in [0.4, 0.5) is 10.1 Å². The molecular formula is C63H81FN5O15P. The fraction of sp³-hybridized carbons (Fsp3) is 0.508. The predicted octanol–water partition coefficient (Wildman–Crippen LogP) is 10.3. The van der Waals surface area contributed by atoms with Crippen molar-refractivity contribution in [3.8, 4) is 17.6 Å². The number of methoxy groups -OCH3 is 3. The van der Waals surface area contributed by atoms with E-state index in [1.165, 1.54) is 19.4 Å². The van der Waals surface area contributed by atoms with Gasteiger partial charge in [-0.05, 0) is 122 Å². The Balaban J connectivity index is 1.46. The first-order valence-electron chi connectivity index (χ1n) is 28.4. The average molecular weight is 1200 g/mol. The Kier molecular flexibility index (Phi) is 22.3. The Bertz CT molecular complexity index is 3110. The van der Waals surface area contributed by atoms with Crippen molar-refractivity contribution in [3.63, 3.8) is 0 Å². The second-order valence-corrected chi connectivity index (χ2v) is 24.8. The first-order chi connectivity index (χ1) is 40.4. The third-order valence-corrected chi connectivity index (χ3v) is 16.6. The van der Waals surface area contributed by atoms with E-state index < -0.39 is 97.6 Å². The number of para-hydroxylation sites is 1. The van der Waals surface area contributed by atoms with Gasteiger partial charge in [0.2, 0.25) is 0 Å². The number of piperidine rings is 1. The van der Waals surface area contributed by atoms with Crippen LogP contribution in [0, 0.1) is 28.0 Å². The minimum Gasteiger partial charge on any atom is -0.497 e. The molecule has 0 N–H and O–H groups in total. The molecule has 0 spiro atoms. The number of halogens is 1. The van der Waals surface area contributed by atoms with E-state index in [2.05, 4.69) is 6.07 Å². The summed E-state index contributed by atoms with van der Waals surface area (Å²) in [4.78, 5) is 65.3. The maximum absolute atomic E-state index is 15.4. The lowest BCUT2D eigenvalue weighted by molar-refractivity contribution is -0.316. The van der Waals surface area contributed by atoms with Crippen LogP contribution < -0.4 is 25.6 Å². The molecule has 20 nitrogen and oxygen atoms in total. The molecular weight excluding hydrogens is 1120 g/mol. The Morgan fingerprint density at radius 3 is 1.82 bits per heavy atom. The number of esters is 2. The second kappa shape index (κ2) is 28.7. The number of benzene rings is 4. The van der Waals surface area contributed by atoms with Crippen LogP contribution in [0.15, 0.2) is 119 Å². The molecule has 0 aliphatic carbocycles. The van der Waals surface area contributed by atoms with Gasteiger partial charge in [-0.25, -0.2) is 23.3 Å². The minimum absolute atomic E-state index is 0.00691. The highest BCUT2D eigenvalue weighted by molar-refractivity contribution is 7.44. The molecule has 4 aromatic carbocycles. The second-order valence-electron chi connectivity index (χ2n) is 23.4. The highest BCUT2D eigenvalue weighted by Crippen LogP contribution is 2.50. The molecule has 5 atom stereocenters. The van der Waals surface area contributed by atoms with Crippen LogP contribution in [0.2, 0.25) is 0 Å². The summed E-state index contributed by atoms with van der Waals surface area (Å²) in [7, 11) is 2.52. The van der Waals surface area contributed by atoms with Gasteiger partial charge in [0.15, 0.2) is 25.4 Å². The quantitative estimate of drug-likeness (QED) is 0.00958. The highest BCUT2D eigenvalue weighted by Gasteiger charge is 2.55. The van der Waals surface area contributed by atoms with E-state index >= 15 is 9.18 Å². The summed E-state index contributed by atoms with van der Waals surface area (Å²) in [6, 6.07) is 32.7. The number of aromatic nitrogens is 2. The number of nitriles is 1. The molecule has 22 heteroatoms. The van der Waals surface area contributed by atoms with Crippen LogP contribution in [-0.2, 0) is 71.2 Å². The van der Waals surface area contributed by atoms with Crippen molar-refractivity contribution in [1.82, 2.24) is 13.8 Å². The number of ether oxygens (including phenoxy) is 8.